The monoisotopic (exact) mass is 183 g/mol. The van der Waals surface area contributed by atoms with Crippen LogP contribution in [0.15, 0.2) is 0 Å². The fourth-order valence-corrected chi connectivity index (χ4v) is 0.402. The summed E-state index contributed by atoms with van der Waals surface area (Å²) >= 11 is 0. The Kier molecular flexibility index (Phi) is 6.92. The van der Waals surface area contributed by atoms with Crippen LogP contribution in [0.4, 0.5) is 0 Å². The topological polar surface area (TPSA) is 101 Å². The molecule has 0 aliphatic rings. The van der Waals surface area contributed by atoms with Gasteiger partial charge in [-0.25, -0.2) is 0 Å². The third-order valence-corrected chi connectivity index (χ3v) is 0.986. The summed E-state index contributed by atoms with van der Waals surface area (Å²) in [6, 6.07) is -1.06. The first-order valence-electron chi connectivity index (χ1n) is 2.74. The van der Waals surface area contributed by atoms with Crippen LogP contribution in [0, 0.1) is 0 Å². The molecule has 0 unspecified atom stereocenters. The molecule has 66 valence electrons. The first-order chi connectivity index (χ1) is 4.54. The average Bonchev–Trinajstić information content (AvgIpc) is 1.82. The summed E-state index contributed by atoms with van der Waals surface area (Å²) < 4.78 is 0. The molecule has 0 aliphatic carbocycles. The van der Waals surface area contributed by atoms with Crippen molar-refractivity contribution in [2.24, 2.45) is 5.73 Å². The van der Waals surface area contributed by atoms with Crippen molar-refractivity contribution in [2.75, 3.05) is 0 Å². The average molecular weight is 184 g/mol. The van der Waals surface area contributed by atoms with Crippen molar-refractivity contribution in [3.63, 3.8) is 0 Å². The van der Waals surface area contributed by atoms with Gasteiger partial charge in [0.25, 0.3) is 0 Å². The van der Waals surface area contributed by atoms with Crippen molar-refractivity contribution >= 4 is 24.3 Å². The van der Waals surface area contributed by atoms with Crippen molar-refractivity contribution in [1.82, 2.24) is 0 Å². The van der Waals surface area contributed by atoms with Gasteiger partial charge in [-0.1, -0.05) is 0 Å². The third-order valence-electron chi connectivity index (χ3n) is 0.986. The summed E-state index contributed by atoms with van der Waals surface area (Å²) in [6.07, 6.45) is -0.224. The van der Waals surface area contributed by atoms with Gasteiger partial charge in [0, 0.05) is 6.42 Å². The number of hydrogen-bond donors (Lipinski definition) is 3. The second-order valence-electron chi connectivity index (χ2n) is 1.88. The van der Waals surface area contributed by atoms with Gasteiger partial charge < -0.3 is 15.9 Å². The number of carboxylic acids is 2. The van der Waals surface area contributed by atoms with Crippen LogP contribution < -0.4 is 5.73 Å². The molecule has 0 heterocycles. The highest BCUT2D eigenvalue weighted by molar-refractivity contribution is 5.85. The molecule has 0 aliphatic heterocycles. The van der Waals surface area contributed by atoms with Crippen LogP contribution in [-0.4, -0.2) is 28.2 Å². The number of hydrogen-bond acceptors (Lipinski definition) is 3. The van der Waals surface area contributed by atoms with Crippen LogP contribution in [0.2, 0.25) is 0 Å². The Labute approximate surface area is 69.6 Å². The molecule has 0 aromatic heterocycles. The molecule has 0 bridgehead atoms. The molecule has 6 heteroatoms. The van der Waals surface area contributed by atoms with Crippen molar-refractivity contribution < 1.29 is 19.8 Å². The fourth-order valence-electron chi connectivity index (χ4n) is 0.402. The third kappa shape index (κ3) is 7.08. The number of carboxylic acid groups (broad SMARTS) is 2. The fraction of sp³-hybridized carbons (Fsp3) is 0.600. The van der Waals surface area contributed by atoms with Crippen molar-refractivity contribution in [3.8, 4) is 0 Å². The number of aliphatic carboxylic acids is 2. The SMILES string of the molecule is Cl.N[C@H](CCC(=O)O)C(=O)O. The largest absolute Gasteiger partial charge is 0.481 e. The Bertz CT molecular complexity index is 149. The lowest BCUT2D eigenvalue weighted by atomic mass is 10.2. The van der Waals surface area contributed by atoms with E-state index in [-0.39, 0.29) is 25.2 Å². The maximum Gasteiger partial charge on any atom is 0.320 e. The predicted octanol–water partition coefficient (Wildman–Crippen LogP) is -0.315. The van der Waals surface area contributed by atoms with E-state index in [2.05, 4.69) is 0 Å². The molecule has 0 radical (unpaired) electrons. The molecule has 0 saturated carbocycles. The van der Waals surface area contributed by atoms with Crippen LogP contribution in [-0.2, 0) is 9.59 Å². The first-order valence-corrected chi connectivity index (χ1v) is 2.74. The minimum absolute atomic E-state index is 0. The molecule has 0 saturated heterocycles. The molecule has 0 aromatic rings. The Balaban J connectivity index is 0. The summed E-state index contributed by atoms with van der Waals surface area (Å²) in [5, 5.41) is 16.3. The smallest absolute Gasteiger partial charge is 0.320 e. The van der Waals surface area contributed by atoms with Crippen molar-refractivity contribution in [2.45, 2.75) is 18.9 Å². The van der Waals surface area contributed by atoms with E-state index in [4.69, 9.17) is 15.9 Å². The zero-order chi connectivity index (χ0) is 8.15. The van der Waals surface area contributed by atoms with Crippen molar-refractivity contribution in [1.29, 1.82) is 0 Å². The van der Waals surface area contributed by atoms with E-state index in [9.17, 15) is 9.59 Å². The minimum Gasteiger partial charge on any atom is -0.481 e. The van der Waals surface area contributed by atoms with Crippen LogP contribution >= 0.6 is 12.4 Å². The zero-order valence-corrected chi connectivity index (χ0v) is 6.50. The number of halogens is 1. The van der Waals surface area contributed by atoms with Gasteiger partial charge in [-0.15, -0.1) is 12.4 Å². The van der Waals surface area contributed by atoms with Crippen molar-refractivity contribution in [3.05, 3.63) is 0 Å². The van der Waals surface area contributed by atoms with Gasteiger partial charge >= 0.3 is 11.9 Å². The molecule has 0 aromatic carbocycles. The van der Waals surface area contributed by atoms with Gasteiger partial charge in [-0.3, -0.25) is 9.59 Å². The van der Waals surface area contributed by atoms with E-state index in [1.807, 2.05) is 0 Å². The molecule has 1 atom stereocenters. The quantitative estimate of drug-likeness (QED) is 0.555. The minimum atomic E-state index is -1.17. The summed E-state index contributed by atoms with van der Waals surface area (Å²) in [7, 11) is 0. The maximum atomic E-state index is 9.99. The number of nitrogens with two attached hydrogens (primary N) is 1. The van der Waals surface area contributed by atoms with Crippen LogP contribution in [0.1, 0.15) is 12.8 Å². The summed E-state index contributed by atoms with van der Waals surface area (Å²) in [4.78, 5) is 19.9. The van der Waals surface area contributed by atoms with Gasteiger partial charge in [0.05, 0.1) is 0 Å². The van der Waals surface area contributed by atoms with Gasteiger partial charge in [-0.2, -0.15) is 0 Å². The van der Waals surface area contributed by atoms with E-state index in [0.29, 0.717) is 0 Å². The summed E-state index contributed by atoms with van der Waals surface area (Å²) in [6.45, 7) is 0. The standard InChI is InChI=1S/C5H9NO4.ClH/c6-3(5(9)10)1-2-4(7)8;/h3H,1-2,6H2,(H,7,8)(H,9,10);1H/t3-;/m1./s1. The molecule has 11 heavy (non-hydrogen) atoms. The zero-order valence-electron chi connectivity index (χ0n) is 5.69. The lowest BCUT2D eigenvalue weighted by Crippen LogP contribution is -2.30. The lowest BCUT2D eigenvalue weighted by Gasteiger charge is -2.01. The maximum absolute atomic E-state index is 9.99. The summed E-state index contributed by atoms with van der Waals surface area (Å²) in [5.74, 6) is -2.20. The Morgan fingerprint density at radius 3 is 2.09 bits per heavy atom. The second kappa shape index (κ2) is 5.94. The van der Waals surface area contributed by atoms with Gasteiger partial charge in [0.15, 0.2) is 0 Å². The van der Waals surface area contributed by atoms with E-state index >= 15 is 0 Å². The Morgan fingerprint density at radius 1 is 1.36 bits per heavy atom. The molecule has 5 nitrogen and oxygen atoms in total. The molecule has 0 amide bonds. The number of carbonyl (C=O) groups is 2. The van der Waals surface area contributed by atoms with Crippen LogP contribution in [0.5, 0.6) is 0 Å². The molecular formula is C5H10ClNO4. The van der Waals surface area contributed by atoms with Gasteiger partial charge in [0.1, 0.15) is 6.04 Å². The molecule has 0 spiro atoms. The molecule has 0 rings (SSSR count). The van der Waals surface area contributed by atoms with E-state index < -0.39 is 18.0 Å². The van der Waals surface area contributed by atoms with E-state index in [0.717, 1.165) is 0 Å². The predicted molar refractivity (Wildman–Crippen MR) is 39.7 cm³/mol. The Hall–Kier alpha value is -0.810. The van der Waals surface area contributed by atoms with Gasteiger partial charge in [-0.05, 0) is 6.42 Å². The highest BCUT2D eigenvalue weighted by atomic mass is 35.5. The van der Waals surface area contributed by atoms with Crippen LogP contribution in [0.25, 0.3) is 0 Å². The molecule has 0 fully saturated rings. The van der Waals surface area contributed by atoms with E-state index in [1.54, 1.807) is 0 Å². The molecule has 4 N–H and O–H groups in total. The number of rotatable bonds is 4. The Morgan fingerprint density at radius 2 is 1.82 bits per heavy atom. The second-order valence-corrected chi connectivity index (χ2v) is 1.88. The highest BCUT2D eigenvalue weighted by Crippen LogP contribution is 1.93. The lowest BCUT2D eigenvalue weighted by molar-refractivity contribution is -0.139. The highest BCUT2D eigenvalue weighted by Gasteiger charge is 2.12. The summed E-state index contributed by atoms with van der Waals surface area (Å²) in [5.41, 5.74) is 5.00. The normalized spacial score (nSPS) is 11.4. The van der Waals surface area contributed by atoms with E-state index in [1.165, 1.54) is 0 Å². The first kappa shape index (κ1) is 12.8. The van der Waals surface area contributed by atoms with Gasteiger partial charge in [0.2, 0.25) is 0 Å². The molecular weight excluding hydrogens is 174 g/mol. The van der Waals surface area contributed by atoms with Crippen LogP contribution in [0.3, 0.4) is 0 Å².